The van der Waals surface area contributed by atoms with Crippen molar-refractivity contribution in [3.63, 3.8) is 0 Å². The summed E-state index contributed by atoms with van der Waals surface area (Å²) < 4.78 is 69.9. The lowest BCUT2D eigenvalue weighted by Crippen LogP contribution is -2.74. The second-order valence-electron chi connectivity index (χ2n) is 11.7. The van der Waals surface area contributed by atoms with E-state index in [2.05, 4.69) is 20.5 Å². The number of anilines is 1. The largest absolute Gasteiger partial charge is 0.511 e. The summed E-state index contributed by atoms with van der Waals surface area (Å²) in [4.78, 5) is 15.8. The first-order valence-electron chi connectivity index (χ1n) is 13.3. The molecular weight excluding hydrogens is 592 g/mol. The molecule has 7 atom stereocenters. The van der Waals surface area contributed by atoms with E-state index in [0.717, 1.165) is 29.6 Å². The van der Waals surface area contributed by atoms with Gasteiger partial charge in [-0.05, 0) is 59.1 Å². The minimum absolute atomic E-state index is 0.128. The number of carbonyl (C=O) groups is 1. The summed E-state index contributed by atoms with van der Waals surface area (Å²) in [5.41, 5.74) is 2.26. The SMILES string of the molecule is CS(=O)(=O)NCc1csc2c1S(=O)(=O)N=C(C1=C(O)C3C4CC5C6=CC4C6C5C3N(Cc3ccc(F)cc3)C1=O)N2. The van der Waals surface area contributed by atoms with Gasteiger partial charge < -0.3 is 15.3 Å². The van der Waals surface area contributed by atoms with Gasteiger partial charge in [0.05, 0.1) is 6.26 Å². The Labute approximate surface area is 239 Å². The average Bonchev–Trinajstić information content (AvgIpc) is 3.31. The second-order valence-corrected chi connectivity index (χ2v) is 16.0. The molecule has 1 amide bonds. The molecule has 9 aliphatic rings. The predicted octanol–water partition coefficient (Wildman–Crippen LogP) is 2.74. The Hall–Kier alpha value is -3.07. The molecule has 41 heavy (non-hydrogen) atoms. The van der Waals surface area contributed by atoms with Crippen LogP contribution in [0.1, 0.15) is 17.5 Å². The van der Waals surface area contributed by atoms with Gasteiger partial charge in [0.25, 0.3) is 15.9 Å². The quantitative estimate of drug-likeness (QED) is 0.423. The highest BCUT2D eigenvalue weighted by Crippen LogP contribution is 2.74. The number of fused-ring (bicyclic) bond motifs is 1. The van der Waals surface area contributed by atoms with Crippen LogP contribution in [0, 0.1) is 41.3 Å². The fourth-order valence-corrected chi connectivity index (χ4v) is 11.2. The van der Waals surface area contributed by atoms with Crippen molar-refractivity contribution in [2.75, 3.05) is 11.6 Å². The van der Waals surface area contributed by atoms with E-state index in [1.807, 2.05) is 0 Å². The maximum Gasteiger partial charge on any atom is 0.287 e. The lowest BCUT2D eigenvalue weighted by atomic mass is 9.32. The van der Waals surface area contributed by atoms with Crippen molar-refractivity contribution in [1.82, 2.24) is 9.62 Å². The molecule has 0 saturated heterocycles. The molecule has 1 aromatic carbocycles. The first kappa shape index (κ1) is 25.6. The van der Waals surface area contributed by atoms with E-state index in [4.69, 9.17) is 0 Å². The first-order chi connectivity index (χ1) is 19.4. The van der Waals surface area contributed by atoms with Crippen molar-refractivity contribution in [3.8, 4) is 0 Å². The van der Waals surface area contributed by atoms with Gasteiger partial charge in [0.1, 0.15) is 27.0 Å². The molecule has 3 N–H and O–H groups in total. The fraction of sp³-hybridized carbons (Fsp3) is 0.407. The average molecular weight is 617 g/mol. The van der Waals surface area contributed by atoms with E-state index < -0.39 is 26.0 Å². The monoisotopic (exact) mass is 616 g/mol. The molecule has 7 aliphatic carbocycles. The number of benzene rings is 1. The topological polar surface area (TPSA) is 145 Å². The van der Waals surface area contributed by atoms with Gasteiger partial charge in [-0.2, -0.15) is 8.42 Å². The highest BCUT2D eigenvalue weighted by atomic mass is 32.2. The number of halogens is 1. The summed E-state index contributed by atoms with van der Waals surface area (Å²) in [5.74, 6) is -0.144. The molecule has 3 heterocycles. The molecule has 6 bridgehead atoms. The lowest BCUT2D eigenvalue weighted by molar-refractivity contribution is -0.177. The zero-order valence-electron chi connectivity index (χ0n) is 21.6. The molecule has 14 heteroatoms. The van der Waals surface area contributed by atoms with E-state index in [1.165, 1.54) is 23.1 Å². The smallest absolute Gasteiger partial charge is 0.287 e. The Morgan fingerprint density at radius 1 is 1.24 bits per heavy atom. The number of hydrogen-bond donors (Lipinski definition) is 3. The van der Waals surface area contributed by atoms with Crippen LogP contribution in [-0.2, 0) is 37.9 Å². The van der Waals surface area contributed by atoms with Crippen LogP contribution in [0.3, 0.4) is 0 Å². The highest BCUT2D eigenvalue weighted by molar-refractivity contribution is 7.91. The standard InChI is InChI=1S/C27H25FN4O6S3/c1-40(35,36)29-8-12-10-39-26-24(12)41(37,38)31-25(30-26)21-23(33)20-17-7-16-14-6-15(17)18(14)19(16)22(20)32(27(21)34)9-11-2-4-13(28)5-3-11/h2-6,10,15-20,22,29,33H,7-9H2,1H3,(H,30,31). The van der Waals surface area contributed by atoms with Gasteiger partial charge in [-0.3, -0.25) is 4.79 Å². The van der Waals surface area contributed by atoms with Gasteiger partial charge in [0, 0.05) is 30.6 Å². The number of amidine groups is 1. The molecule has 2 aromatic rings. The van der Waals surface area contributed by atoms with Crippen molar-refractivity contribution in [2.24, 2.45) is 39.9 Å². The van der Waals surface area contributed by atoms with Gasteiger partial charge in [-0.1, -0.05) is 23.8 Å². The van der Waals surface area contributed by atoms with Gasteiger partial charge >= 0.3 is 0 Å². The molecule has 1 aromatic heterocycles. The third kappa shape index (κ3) is 3.53. The first-order valence-corrected chi connectivity index (χ1v) is 17.5. The summed E-state index contributed by atoms with van der Waals surface area (Å²) >= 11 is 1.05. The molecule has 11 rings (SSSR count). The zero-order valence-corrected chi connectivity index (χ0v) is 24.1. The van der Waals surface area contributed by atoms with Gasteiger partial charge in [-0.15, -0.1) is 15.7 Å². The van der Waals surface area contributed by atoms with Gasteiger partial charge in [-0.25, -0.2) is 17.5 Å². The number of aliphatic hydroxyl groups is 1. The van der Waals surface area contributed by atoms with Crippen LogP contribution in [0.25, 0.3) is 0 Å². The molecule has 10 nitrogen and oxygen atoms in total. The summed E-state index contributed by atoms with van der Waals surface area (Å²) in [5, 5.41) is 16.4. The molecule has 7 unspecified atom stereocenters. The van der Waals surface area contributed by atoms with Crippen molar-refractivity contribution in [2.45, 2.75) is 30.4 Å². The summed E-state index contributed by atoms with van der Waals surface area (Å²) in [7, 11) is -7.90. The van der Waals surface area contributed by atoms with Crippen LogP contribution in [0.5, 0.6) is 0 Å². The number of nitrogens with one attached hydrogen (secondary N) is 2. The third-order valence-corrected chi connectivity index (χ3v) is 12.8. The molecule has 214 valence electrons. The third-order valence-electron chi connectivity index (χ3n) is 9.69. The number of rotatable bonds is 6. The molecule has 5 fully saturated rings. The Kier molecular flexibility index (Phi) is 5.17. The van der Waals surface area contributed by atoms with Crippen LogP contribution in [-0.4, -0.2) is 50.9 Å². The van der Waals surface area contributed by atoms with E-state index in [-0.39, 0.29) is 75.3 Å². The Morgan fingerprint density at radius 3 is 2.68 bits per heavy atom. The molecule has 2 aliphatic heterocycles. The number of amides is 1. The molecule has 5 saturated carbocycles. The van der Waals surface area contributed by atoms with Crippen LogP contribution in [0.4, 0.5) is 9.39 Å². The van der Waals surface area contributed by atoms with E-state index >= 15 is 0 Å². The molecule has 0 spiro atoms. The summed E-state index contributed by atoms with van der Waals surface area (Å²) in [6.45, 7) is -0.0458. The summed E-state index contributed by atoms with van der Waals surface area (Å²) in [6, 6.07) is 5.69. The van der Waals surface area contributed by atoms with Crippen molar-refractivity contribution >= 4 is 48.1 Å². The van der Waals surface area contributed by atoms with E-state index in [0.29, 0.717) is 17.8 Å². The van der Waals surface area contributed by atoms with Gasteiger partial charge in [0.2, 0.25) is 10.0 Å². The van der Waals surface area contributed by atoms with Gasteiger partial charge in [0.15, 0.2) is 5.84 Å². The number of aliphatic hydroxyl groups excluding tert-OH is 1. The number of allylic oxidation sites excluding steroid dienone is 2. The minimum Gasteiger partial charge on any atom is -0.511 e. The maximum atomic E-state index is 14.2. The Bertz CT molecular complexity index is 1860. The normalized spacial score (nSPS) is 33.7. The number of sulfonamides is 2. The van der Waals surface area contributed by atoms with Crippen LogP contribution >= 0.6 is 11.3 Å². The Balaban J connectivity index is 1.21. The number of nitrogens with zero attached hydrogens (tertiary/aromatic N) is 2. The van der Waals surface area contributed by atoms with Crippen molar-refractivity contribution in [3.05, 3.63) is 69.6 Å². The maximum absolute atomic E-state index is 14.2. The van der Waals surface area contributed by atoms with Crippen LogP contribution < -0.4 is 10.0 Å². The highest BCUT2D eigenvalue weighted by Gasteiger charge is 2.72. The van der Waals surface area contributed by atoms with Crippen LogP contribution in [0.15, 0.2) is 61.9 Å². The van der Waals surface area contributed by atoms with Crippen molar-refractivity contribution in [1.29, 1.82) is 0 Å². The molecule has 0 radical (unpaired) electrons. The van der Waals surface area contributed by atoms with E-state index in [1.54, 1.807) is 17.0 Å². The number of hydrogen-bond acceptors (Lipinski definition) is 8. The number of carbonyl (C=O) groups excluding carboxylic acids is 1. The van der Waals surface area contributed by atoms with E-state index in [9.17, 15) is 31.1 Å². The fourth-order valence-electron chi connectivity index (χ4n) is 8.20. The minimum atomic E-state index is -4.33. The second kappa shape index (κ2) is 8.27. The number of thiophene rings is 1. The Morgan fingerprint density at radius 2 is 2.00 bits per heavy atom. The van der Waals surface area contributed by atoms with Crippen molar-refractivity contribution < 1.29 is 31.1 Å². The lowest BCUT2D eigenvalue weighted by Gasteiger charge is -2.74. The summed E-state index contributed by atoms with van der Waals surface area (Å²) in [6.07, 6.45) is 4.21. The zero-order chi connectivity index (χ0) is 28.6. The predicted molar refractivity (Wildman–Crippen MR) is 148 cm³/mol. The molecular formula is C27H25FN4O6S3. The van der Waals surface area contributed by atoms with Crippen LogP contribution in [0.2, 0.25) is 0 Å².